The Balaban J connectivity index is 2.44. The zero-order valence-corrected chi connectivity index (χ0v) is 10.3. The number of alkyl halides is 1. The Morgan fingerprint density at radius 1 is 1.57 bits per heavy atom. The number of ether oxygens (including phenoxy) is 2. The number of hydrogen-bond acceptors (Lipinski definition) is 3. The van der Waals surface area contributed by atoms with Gasteiger partial charge in [0.05, 0.1) is 13.2 Å². The van der Waals surface area contributed by atoms with Gasteiger partial charge in [-0.3, -0.25) is 0 Å². The van der Waals surface area contributed by atoms with Crippen LogP contribution in [-0.2, 0) is 9.47 Å². The number of hydrogen-bond donors (Lipinski definition) is 0. The van der Waals surface area contributed by atoms with Crippen LogP contribution in [0.3, 0.4) is 0 Å². The summed E-state index contributed by atoms with van der Waals surface area (Å²) in [7, 11) is 0. The van der Waals surface area contributed by atoms with E-state index >= 15 is 0 Å². The lowest BCUT2D eigenvalue weighted by molar-refractivity contribution is -0.0135. The van der Waals surface area contributed by atoms with Crippen LogP contribution in [0.1, 0.15) is 20.8 Å². The Hall–Kier alpha value is -0.290. The highest BCUT2D eigenvalue weighted by atomic mass is 79.9. The second-order valence-corrected chi connectivity index (χ2v) is 5.23. The molecule has 82 valence electrons. The van der Waals surface area contributed by atoms with Crippen LogP contribution in [-0.4, -0.2) is 41.3 Å². The van der Waals surface area contributed by atoms with Crippen LogP contribution in [0.5, 0.6) is 0 Å². The molecule has 0 N–H and O–H groups in total. The minimum absolute atomic E-state index is 0.0798. The van der Waals surface area contributed by atoms with Crippen molar-refractivity contribution in [1.29, 1.82) is 0 Å². The van der Waals surface area contributed by atoms with Gasteiger partial charge in [0.1, 0.15) is 10.6 Å². The average molecular weight is 266 g/mol. The molecule has 1 amide bonds. The van der Waals surface area contributed by atoms with Gasteiger partial charge >= 0.3 is 6.09 Å². The number of amides is 1. The first-order valence-corrected chi connectivity index (χ1v) is 5.53. The monoisotopic (exact) mass is 265 g/mol. The SMILES string of the molecule is CC(C)(C)OC(=O)N1CCOC(Br)C1. The molecule has 1 aliphatic rings. The number of carbonyl (C=O) groups is 1. The van der Waals surface area contributed by atoms with E-state index in [9.17, 15) is 4.79 Å². The summed E-state index contributed by atoms with van der Waals surface area (Å²) in [5.74, 6) is 0. The molecule has 0 aliphatic carbocycles. The average Bonchev–Trinajstić information content (AvgIpc) is 2.01. The molecule has 1 aliphatic heterocycles. The molecule has 0 radical (unpaired) electrons. The summed E-state index contributed by atoms with van der Waals surface area (Å²) >= 11 is 3.30. The molecule has 0 bridgehead atoms. The maximum absolute atomic E-state index is 11.6. The zero-order valence-electron chi connectivity index (χ0n) is 8.75. The Labute approximate surface area is 92.7 Å². The predicted molar refractivity (Wildman–Crippen MR) is 56.5 cm³/mol. The van der Waals surface area contributed by atoms with Crippen molar-refractivity contribution in [2.75, 3.05) is 19.7 Å². The van der Waals surface area contributed by atoms with Gasteiger partial charge in [0.2, 0.25) is 0 Å². The molecule has 0 aromatic carbocycles. The molecule has 14 heavy (non-hydrogen) atoms. The molecule has 1 saturated heterocycles. The van der Waals surface area contributed by atoms with Gasteiger partial charge in [-0.25, -0.2) is 4.79 Å². The maximum atomic E-state index is 11.6. The Kier molecular flexibility index (Phi) is 3.78. The molecular formula is C9H16BrNO3. The van der Waals surface area contributed by atoms with E-state index in [4.69, 9.17) is 9.47 Å². The van der Waals surface area contributed by atoms with E-state index in [1.807, 2.05) is 20.8 Å². The highest BCUT2D eigenvalue weighted by Crippen LogP contribution is 2.15. The minimum atomic E-state index is -0.433. The predicted octanol–water partition coefficient (Wildman–Crippen LogP) is 1.97. The Bertz CT molecular complexity index is 215. The lowest BCUT2D eigenvalue weighted by Gasteiger charge is -2.32. The van der Waals surface area contributed by atoms with E-state index in [-0.39, 0.29) is 11.1 Å². The van der Waals surface area contributed by atoms with E-state index in [0.29, 0.717) is 19.7 Å². The van der Waals surface area contributed by atoms with E-state index in [1.54, 1.807) is 4.90 Å². The van der Waals surface area contributed by atoms with Gasteiger partial charge in [0.25, 0.3) is 0 Å². The second-order valence-electron chi connectivity index (χ2n) is 4.21. The summed E-state index contributed by atoms with van der Waals surface area (Å²) in [5.41, 5.74) is -0.433. The molecule has 0 aromatic heterocycles. The minimum Gasteiger partial charge on any atom is -0.444 e. The molecule has 1 fully saturated rings. The van der Waals surface area contributed by atoms with Gasteiger partial charge in [-0.05, 0) is 20.8 Å². The fraction of sp³-hybridized carbons (Fsp3) is 0.889. The largest absolute Gasteiger partial charge is 0.444 e. The van der Waals surface area contributed by atoms with Crippen LogP contribution in [0.4, 0.5) is 4.79 Å². The van der Waals surface area contributed by atoms with Gasteiger partial charge in [-0.2, -0.15) is 0 Å². The van der Waals surface area contributed by atoms with E-state index < -0.39 is 5.60 Å². The number of rotatable bonds is 0. The third kappa shape index (κ3) is 3.84. The van der Waals surface area contributed by atoms with Crippen LogP contribution in [0.25, 0.3) is 0 Å². The van der Waals surface area contributed by atoms with Crippen LogP contribution in [0.2, 0.25) is 0 Å². The van der Waals surface area contributed by atoms with Crippen molar-refractivity contribution < 1.29 is 14.3 Å². The quantitative estimate of drug-likeness (QED) is 0.629. The van der Waals surface area contributed by atoms with Crippen LogP contribution in [0.15, 0.2) is 0 Å². The number of morpholine rings is 1. The van der Waals surface area contributed by atoms with Gasteiger partial charge in [0.15, 0.2) is 0 Å². The molecular weight excluding hydrogens is 250 g/mol. The Morgan fingerprint density at radius 3 is 2.71 bits per heavy atom. The first kappa shape index (κ1) is 11.8. The molecule has 0 saturated carbocycles. The first-order valence-electron chi connectivity index (χ1n) is 4.62. The van der Waals surface area contributed by atoms with Crippen LogP contribution >= 0.6 is 15.9 Å². The first-order chi connectivity index (χ1) is 6.38. The number of halogens is 1. The smallest absolute Gasteiger partial charge is 0.410 e. The molecule has 0 aromatic rings. The molecule has 1 rings (SSSR count). The van der Waals surface area contributed by atoms with Crippen molar-refractivity contribution in [1.82, 2.24) is 4.90 Å². The second kappa shape index (κ2) is 4.49. The lowest BCUT2D eigenvalue weighted by Crippen LogP contribution is -2.45. The van der Waals surface area contributed by atoms with Crippen molar-refractivity contribution in [2.45, 2.75) is 31.4 Å². The van der Waals surface area contributed by atoms with Crippen LogP contribution < -0.4 is 0 Å². The third-order valence-electron chi connectivity index (χ3n) is 1.68. The third-order valence-corrected chi connectivity index (χ3v) is 2.23. The zero-order chi connectivity index (χ0) is 10.8. The lowest BCUT2D eigenvalue weighted by atomic mass is 10.2. The molecule has 0 spiro atoms. The summed E-state index contributed by atoms with van der Waals surface area (Å²) in [6.07, 6.45) is -0.273. The van der Waals surface area contributed by atoms with E-state index in [0.717, 1.165) is 0 Å². The topological polar surface area (TPSA) is 38.8 Å². The summed E-state index contributed by atoms with van der Waals surface area (Å²) in [5, 5.41) is -0.0798. The van der Waals surface area contributed by atoms with Gasteiger partial charge < -0.3 is 14.4 Å². The van der Waals surface area contributed by atoms with Gasteiger partial charge in [-0.15, -0.1) is 0 Å². The maximum Gasteiger partial charge on any atom is 0.410 e. The Morgan fingerprint density at radius 2 is 2.21 bits per heavy atom. The van der Waals surface area contributed by atoms with Crippen molar-refractivity contribution in [3.8, 4) is 0 Å². The van der Waals surface area contributed by atoms with Crippen LogP contribution in [0, 0.1) is 0 Å². The number of nitrogens with zero attached hydrogens (tertiary/aromatic N) is 1. The van der Waals surface area contributed by atoms with E-state index in [1.165, 1.54) is 0 Å². The highest BCUT2D eigenvalue weighted by molar-refractivity contribution is 9.09. The van der Waals surface area contributed by atoms with Gasteiger partial charge in [0, 0.05) is 6.54 Å². The molecule has 5 heteroatoms. The van der Waals surface area contributed by atoms with Crippen molar-refractivity contribution in [2.24, 2.45) is 0 Å². The van der Waals surface area contributed by atoms with Crippen molar-refractivity contribution >= 4 is 22.0 Å². The normalized spacial score (nSPS) is 23.4. The number of carbonyl (C=O) groups excluding carboxylic acids is 1. The highest BCUT2D eigenvalue weighted by Gasteiger charge is 2.26. The van der Waals surface area contributed by atoms with Crippen molar-refractivity contribution in [3.63, 3.8) is 0 Å². The fourth-order valence-electron chi connectivity index (χ4n) is 1.10. The summed E-state index contributed by atoms with van der Waals surface area (Å²) in [4.78, 5) is 13.2. The summed E-state index contributed by atoms with van der Waals surface area (Å²) in [6, 6.07) is 0. The van der Waals surface area contributed by atoms with Gasteiger partial charge in [-0.1, -0.05) is 15.9 Å². The summed E-state index contributed by atoms with van der Waals surface area (Å²) < 4.78 is 10.5. The fourth-order valence-corrected chi connectivity index (χ4v) is 1.64. The van der Waals surface area contributed by atoms with E-state index in [2.05, 4.69) is 15.9 Å². The van der Waals surface area contributed by atoms with Crippen molar-refractivity contribution in [3.05, 3.63) is 0 Å². The molecule has 1 heterocycles. The standard InChI is InChI=1S/C9H16BrNO3/c1-9(2,3)14-8(12)11-4-5-13-7(10)6-11/h7H,4-6H2,1-3H3. The molecule has 4 nitrogen and oxygen atoms in total. The molecule has 1 unspecified atom stereocenters. The summed E-state index contributed by atoms with van der Waals surface area (Å²) in [6.45, 7) is 7.26. The molecule has 1 atom stereocenters.